The molecular formula is C31H47F2N5O3. The fourth-order valence-corrected chi connectivity index (χ4v) is 5.92. The van der Waals surface area contributed by atoms with E-state index in [1.54, 1.807) is 31.5 Å². The highest BCUT2D eigenvalue weighted by atomic mass is 19.3. The molecular weight excluding hydrogens is 528 g/mol. The van der Waals surface area contributed by atoms with E-state index in [2.05, 4.69) is 25.9 Å². The number of piperidine rings is 1. The molecule has 0 amide bonds. The Balaban J connectivity index is 0.00000111. The van der Waals surface area contributed by atoms with Crippen molar-refractivity contribution in [3.8, 4) is 0 Å². The zero-order valence-electron chi connectivity index (χ0n) is 25.5. The fraction of sp³-hybridized carbons (Fsp3) is 0.613. The summed E-state index contributed by atoms with van der Waals surface area (Å²) in [6, 6.07) is 7.37. The van der Waals surface area contributed by atoms with Gasteiger partial charge < -0.3 is 24.5 Å². The van der Waals surface area contributed by atoms with Gasteiger partial charge in [0.25, 0.3) is 5.92 Å². The SMILES string of the molecule is CC.CC.COC(OC)C1CCN(c2ncc(C3c4[nH]c5ccccc5c4C[C@@H](C)N3CC(F)(F)CO)cn2)CC1. The van der Waals surface area contributed by atoms with Gasteiger partial charge in [-0.3, -0.25) is 4.90 Å². The monoisotopic (exact) mass is 575 g/mol. The third-order valence-corrected chi connectivity index (χ3v) is 7.81. The van der Waals surface area contributed by atoms with Gasteiger partial charge in [0.05, 0.1) is 12.6 Å². The predicted octanol–water partition coefficient (Wildman–Crippen LogP) is 5.81. The summed E-state index contributed by atoms with van der Waals surface area (Å²) in [5, 5.41) is 10.4. The van der Waals surface area contributed by atoms with Gasteiger partial charge in [0, 0.05) is 73.8 Å². The van der Waals surface area contributed by atoms with Crippen LogP contribution in [0.25, 0.3) is 10.9 Å². The number of aliphatic hydroxyl groups is 1. The maximum Gasteiger partial charge on any atom is 0.283 e. The number of benzene rings is 1. The Morgan fingerprint density at radius 3 is 2.24 bits per heavy atom. The Morgan fingerprint density at radius 1 is 1.05 bits per heavy atom. The summed E-state index contributed by atoms with van der Waals surface area (Å²) in [5.74, 6) is -2.28. The molecule has 4 heterocycles. The maximum atomic E-state index is 14.5. The number of aromatic nitrogens is 3. The van der Waals surface area contributed by atoms with E-state index in [0.717, 1.165) is 53.7 Å². The Bertz CT molecular complexity index is 1190. The standard InChI is InChI=1S/C27H35F2N5O3.2C2H6/c1-17-12-21-20-6-4-5-7-22(20)32-23(21)24(34(17)15-27(28,29)16-35)19-13-30-26(31-14-19)33-10-8-18(9-11-33)25(36-2)37-3;2*1-2/h4-7,13-14,17-18,24-25,32,35H,8-12,15-16H2,1-3H3;2*1-2H3/t17-,24?;;/m1../s1. The highest BCUT2D eigenvalue weighted by Gasteiger charge is 2.42. The predicted molar refractivity (Wildman–Crippen MR) is 160 cm³/mol. The van der Waals surface area contributed by atoms with Crippen molar-refractivity contribution in [3.05, 3.63) is 53.5 Å². The van der Waals surface area contributed by atoms with Crippen LogP contribution in [-0.2, 0) is 15.9 Å². The van der Waals surface area contributed by atoms with Crippen LogP contribution in [0.5, 0.6) is 0 Å². The highest BCUT2D eigenvalue weighted by molar-refractivity contribution is 5.85. The van der Waals surface area contributed by atoms with Crippen LogP contribution in [0.2, 0.25) is 0 Å². The second-order valence-corrected chi connectivity index (χ2v) is 10.2. The third kappa shape index (κ3) is 7.23. The lowest BCUT2D eigenvalue weighted by molar-refractivity contribution is -0.141. The number of hydrogen-bond acceptors (Lipinski definition) is 7. The van der Waals surface area contributed by atoms with Crippen LogP contribution in [-0.4, -0.2) is 83.7 Å². The first-order chi connectivity index (χ1) is 19.8. The minimum absolute atomic E-state index is 0.164. The van der Waals surface area contributed by atoms with Gasteiger partial charge in [0.2, 0.25) is 5.95 Å². The molecule has 41 heavy (non-hydrogen) atoms. The van der Waals surface area contributed by atoms with Gasteiger partial charge in [0.15, 0.2) is 6.29 Å². The molecule has 8 nitrogen and oxygen atoms in total. The lowest BCUT2D eigenvalue weighted by Crippen LogP contribution is -2.49. The van der Waals surface area contributed by atoms with Crippen LogP contribution in [0.1, 0.15) is 70.3 Å². The Labute approximate surface area is 243 Å². The Hall–Kier alpha value is -2.66. The lowest BCUT2D eigenvalue weighted by atomic mass is 9.89. The number of para-hydroxylation sites is 1. The number of aromatic amines is 1. The molecule has 1 aromatic carbocycles. The molecule has 2 aromatic heterocycles. The van der Waals surface area contributed by atoms with Gasteiger partial charge in [-0.05, 0) is 37.8 Å². The van der Waals surface area contributed by atoms with Gasteiger partial charge in [0.1, 0.15) is 6.61 Å². The van der Waals surface area contributed by atoms with E-state index >= 15 is 0 Å². The first kappa shape index (κ1) is 32.8. The largest absolute Gasteiger partial charge is 0.390 e. The normalized spacial score (nSPS) is 19.8. The van der Waals surface area contributed by atoms with Crippen molar-refractivity contribution in [1.82, 2.24) is 19.9 Å². The number of H-pyrrole nitrogens is 1. The van der Waals surface area contributed by atoms with Gasteiger partial charge in [-0.1, -0.05) is 45.9 Å². The van der Waals surface area contributed by atoms with Crippen LogP contribution in [0.3, 0.4) is 0 Å². The van der Waals surface area contributed by atoms with E-state index < -0.39 is 25.1 Å². The molecule has 3 aromatic rings. The molecule has 0 bridgehead atoms. The smallest absolute Gasteiger partial charge is 0.283 e. The number of anilines is 1. The zero-order valence-corrected chi connectivity index (χ0v) is 25.5. The van der Waals surface area contributed by atoms with Crippen molar-refractivity contribution in [2.45, 2.75) is 78.2 Å². The van der Waals surface area contributed by atoms with Crippen LogP contribution >= 0.6 is 0 Å². The fourth-order valence-electron chi connectivity index (χ4n) is 5.92. The van der Waals surface area contributed by atoms with Crippen LogP contribution in [0.4, 0.5) is 14.7 Å². The van der Waals surface area contributed by atoms with Crippen molar-refractivity contribution >= 4 is 16.9 Å². The quantitative estimate of drug-likeness (QED) is 0.328. The number of rotatable bonds is 8. The molecule has 0 radical (unpaired) electrons. The molecule has 0 aliphatic carbocycles. The topological polar surface area (TPSA) is 86.7 Å². The van der Waals surface area contributed by atoms with E-state index in [1.165, 1.54) is 0 Å². The second-order valence-electron chi connectivity index (χ2n) is 10.2. The molecule has 2 N–H and O–H groups in total. The molecule has 228 valence electrons. The number of alkyl halides is 2. The van der Waals surface area contributed by atoms with Crippen molar-refractivity contribution in [2.75, 3.05) is 45.4 Å². The minimum atomic E-state index is -3.22. The average molecular weight is 576 g/mol. The number of halogens is 2. The summed E-state index contributed by atoms with van der Waals surface area (Å²) in [6.45, 7) is 9.78. The summed E-state index contributed by atoms with van der Waals surface area (Å²) in [5.41, 5.74) is 3.74. The van der Waals surface area contributed by atoms with E-state index in [1.807, 2.05) is 52.8 Å². The molecule has 0 spiro atoms. The lowest BCUT2D eigenvalue weighted by Gasteiger charge is -2.42. The number of hydrogen-bond donors (Lipinski definition) is 2. The number of nitrogens with zero attached hydrogens (tertiary/aromatic N) is 4. The summed E-state index contributed by atoms with van der Waals surface area (Å²) in [6.07, 6.45) is 5.73. The van der Waals surface area contributed by atoms with Gasteiger partial charge in [-0.15, -0.1) is 0 Å². The summed E-state index contributed by atoms with van der Waals surface area (Å²) >= 11 is 0. The molecule has 1 unspecified atom stereocenters. The first-order valence-electron chi connectivity index (χ1n) is 14.8. The van der Waals surface area contributed by atoms with Crippen molar-refractivity contribution in [3.63, 3.8) is 0 Å². The molecule has 2 aliphatic rings. The molecule has 1 saturated heterocycles. The second kappa shape index (κ2) is 15.0. The minimum Gasteiger partial charge on any atom is -0.390 e. The molecule has 1 fully saturated rings. The zero-order chi connectivity index (χ0) is 30.2. The number of nitrogens with one attached hydrogen (secondary N) is 1. The molecule has 2 aliphatic heterocycles. The number of fused-ring (bicyclic) bond motifs is 3. The summed E-state index contributed by atoms with van der Waals surface area (Å²) in [4.78, 5) is 16.7. The van der Waals surface area contributed by atoms with E-state index in [4.69, 9.17) is 9.47 Å². The van der Waals surface area contributed by atoms with Crippen molar-refractivity contribution in [2.24, 2.45) is 5.92 Å². The molecule has 2 atom stereocenters. The molecule has 5 rings (SSSR count). The summed E-state index contributed by atoms with van der Waals surface area (Å²) < 4.78 is 39.8. The molecule has 10 heteroatoms. The third-order valence-electron chi connectivity index (χ3n) is 7.81. The van der Waals surface area contributed by atoms with Crippen molar-refractivity contribution in [1.29, 1.82) is 0 Å². The Morgan fingerprint density at radius 2 is 1.66 bits per heavy atom. The van der Waals surface area contributed by atoms with Crippen molar-refractivity contribution < 1.29 is 23.4 Å². The van der Waals surface area contributed by atoms with Crippen LogP contribution in [0, 0.1) is 5.92 Å². The molecule has 0 saturated carbocycles. The van der Waals surface area contributed by atoms with E-state index in [9.17, 15) is 13.9 Å². The van der Waals surface area contributed by atoms with Gasteiger partial charge in [-0.2, -0.15) is 0 Å². The first-order valence-corrected chi connectivity index (χ1v) is 14.8. The average Bonchev–Trinajstić information content (AvgIpc) is 3.38. The highest BCUT2D eigenvalue weighted by Crippen LogP contribution is 2.41. The van der Waals surface area contributed by atoms with E-state index in [-0.39, 0.29) is 12.3 Å². The summed E-state index contributed by atoms with van der Waals surface area (Å²) in [7, 11) is 3.32. The van der Waals surface area contributed by atoms with Gasteiger partial charge >= 0.3 is 0 Å². The van der Waals surface area contributed by atoms with Crippen LogP contribution in [0.15, 0.2) is 36.7 Å². The van der Waals surface area contributed by atoms with E-state index in [0.29, 0.717) is 18.3 Å². The number of ether oxygens (including phenoxy) is 2. The number of methoxy groups -OCH3 is 2. The van der Waals surface area contributed by atoms with Gasteiger partial charge in [-0.25, -0.2) is 18.7 Å². The van der Waals surface area contributed by atoms with Crippen LogP contribution < -0.4 is 4.90 Å². The maximum absolute atomic E-state index is 14.5. The number of aliphatic hydroxyl groups excluding tert-OH is 1. The Kier molecular flexibility index (Phi) is 12.0.